The van der Waals surface area contributed by atoms with Gasteiger partial charge in [0.05, 0.1) is 5.25 Å². The molecule has 1 fully saturated rings. The predicted molar refractivity (Wildman–Crippen MR) is 84.4 cm³/mol. The van der Waals surface area contributed by atoms with Crippen molar-refractivity contribution in [1.82, 2.24) is 9.62 Å². The first-order valence-corrected chi connectivity index (χ1v) is 9.61. The Bertz CT molecular complexity index is 507. The van der Waals surface area contributed by atoms with E-state index in [0.717, 1.165) is 18.4 Å². The summed E-state index contributed by atoms with van der Waals surface area (Å²) in [5, 5.41) is 6.86. The van der Waals surface area contributed by atoms with Crippen LogP contribution in [0.2, 0.25) is 0 Å². The Balaban J connectivity index is 2.07. The fourth-order valence-corrected chi connectivity index (χ4v) is 4.47. The summed E-state index contributed by atoms with van der Waals surface area (Å²) in [5.74, 6) is 0. The normalized spacial score (nSPS) is 17.9. The van der Waals surface area contributed by atoms with E-state index in [1.54, 1.807) is 22.6 Å². The third-order valence-corrected chi connectivity index (χ3v) is 6.52. The highest BCUT2D eigenvalue weighted by Gasteiger charge is 2.39. The molecule has 0 aromatic carbocycles. The quantitative estimate of drug-likeness (QED) is 0.801. The van der Waals surface area contributed by atoms with Crippen LogP contribution in [0.25, 0.3) is 0 Å². The van der Waals surface area contributed by atoms with Crippen molar-refractivity contribution in [3.05, 3.63) is 22.4 Å². The summed E-state index contributed by atoms with van der Waals surface area (Å²) in [6.07, 6.45) is 1.99. The van der Waals surface area contributed by atoms with Crippen molar-refractivity contribution in [1.29, 1.82) is 0 Å². The molecule has 2 rings (SSSR count). The van der Waals surface area contributed by atoms with Crippen LogP contribution in [0.4, 0.5) is 0 Å². The number of rotatable bonds is 8. The molecule has 4 nitrogen and oxygen atoms in total. The maximum Gasteiger partial charge on any atom is 0.218 e. The van der Waals surface area contributed by atoms with Gasteiger partial charge in [-0.05, 0) is 42.2 Å². The molecule has 6 heteroatoms. The van der Waals surface area contributed by atoms with E-state index >= 15 is 0 Å². The standard InChI is InChI=1S/C14H24N2O2S2/c1-11(2)15-8-12(3)20(17,18)16(14-4-5-14)9-13-6-7-19-10-13/h6-7,10-12,14-15H,4-5,8-9H2,1-3H3. The van der Waals surface area contributed by atoms with Gasteiger partial charge >= 0.3 is 0 Å². The van der Waals surface area contributed by atoms with Crippen LogP contribution < -0.4 is 5.32 Å². The van der Waals surface area contributed by atoms with Gasteiger partial charge in [-0.1, -0.05) is 13.8 Å². The summed E-state index contributed by atoms with van der Waals surface area (Å²) in [7, 11) is -3.23. The van der Waals surface area contributed by atoms with E-state index in [4.69, 9.17) is 0 Å². The number of sulfonamides is 1. The number of nitrogens with one attached hydrogen (secondary N) is 1. The number of hydrogen-bond donors (Lipinski definition) is 1. The molecule has 0 aliphatic heterocycles. The number of nitrogens with zero attached hydrogens (tertiary/aromatic N) is 1. The van der Waals surface area contributed by atoms with Crippen molar-refractivity contribution in [3.63, 3.8) is 0 Å². The van der Waals surface area contributed by atoms with Gasteiger partial charge in [0.25, 0.3) is 0 Å². The minimum absolute atomic E-state index is 0.210. The molecule has 1 N–H and O–H groups in total. The van der Waals surface area contributed by atoms with Crippen LogP contribution in [-0.4, -0.2) is 36.6 Å². The van der Waals surface area contributed by atoms with Crippen LogP contribution in [0.3, 0.4) is 0 Å². The van der Waals surface area contributed by atoms with Crippen LogP contribution >= 0.6 is 11.3 Å². The second-order valence-corrected chi connectivity index (χ2v) is 8.91. The number of hydrogen-bond acceptors (Lipinski definition) is 4. The largest absolute Gasteiger partial charge is 0.313 e. The van der Waals surface area contributed by atoms with Crippen LogP contribution in [0.1, 0.15) is 39.2 Å². The van der Waals surface area contributed by atoms with Gasteiger partial charge in [-0.15, -0.1) is 0 Å². The first-order valence-electron chi connectivity index (χ1n) is 7.16. The van der Waals surface area contributed by atoms with Gasteiger partial charge in [0, 0.05) is 25.2 Å². The minimum Gasteiger partial charge on any atom is -0.313 e. The molecule has 1 saturated carbocycles. The maximum atomic E-state index is 12.7. The lowest BCUT2D eigenvalue weighted by atomic mass is 10.3. The van der Waals surface area contributed by atoms with Crippen molar-refractivity contribution in [2.45, 2.75) is 57.5 Å². The van der Waals surface area contributed by atoms with E-state index in [0.29, 0.717) is 19.1 Å². The van der Waals surface area contributed by atoms with Gasteiger partial charge < -0.3 is 5.32 Å². The molecule has 1 heterocycles. The lowest BCUT2D eigenvalue weighted by Crippen LogP contribution is -2.43. The smallest absolute Gasteiger partial charge is 0.218 e. The van der Waals surface area contributed by atoms with Crippen LogP contribution in [0.15, 0.2) is 16.8 Å². The molecule has 0 amide bonds. The Kier molecular flexibility index (Phi) is 5.23. The van der Waals surface area contributed by atoms with E-state index in [-0.39, 0.29) is 11.3 Å². The molecule has 1 aromatic heterocycles. The van der Waals surface area contributed by atoms with Crippen molar-refractivity contribution in [3.8, 4) is 0 Å². The Morgan fingerprint density at radius 3 is 2.60 bits per heavy atom. The molecular formula is C14H24N2O2S2. The number of thiophene rings is 1. The Hall–Kier alpha value is -0.430. The molecule has 0 spiro atoms. The highest BCUT2D eigenvalue weighted by Crippen LogP contribution is 2.32. The van der Waals surface area contributed by atoms with E-state index in [1.807, 2.05) is 30.7 Å². The molecule has 1 aromatic rings. The molecule has 0 bridgehead atoms. The molecule has 1 aliphatic rings. The summed E-state index contributed by atoms with van der Waals surface area (Å²) >= 11 is 1.61. The molecule has 114 valence electrons. The minimum atomic E-state index is -3.23. The fraction of sp³-hybridized carbons (Fsp3) is 0.714. The summed E-state index contributed by atoms with van der Waals surface area (Å²) in [6, 6.07) is 2.52. The fourth-order valence-electron chi connectivity index (χ4n) is 2.09. The summed E-state index contributed by atoms with van der Waals surface area (Å²) in [6.45, 7) is 6.88. The van der Waals surface area contributed by atoms with E-state index in [2.05, 4.69) is 5.32 Å². The third kappa shape index (κ3) is 4.04. The van der Waals surface area contributed by atoms with E-state index in [9.17, 15) is 8.42 Å². The van der Waals surface area contributed by atoms with Crippen LogP contribution in [0, 0.1) is 0 Å². The topological polar surface area (TPSA) is 49.4 Å². The Labute approximate surface area is 126 Å². The zero-order chi connectivity index (χ0) is 14.8. The van der Waals surface area contributed by atoms with Crippen molar-refractivity contribution >= 4 is 21.4 Å². The van der Waals surface area contributed by atoms with Gasteiger partial charge in [-0.2, -0.15) is 15.6 Å². The average molecular weight is 316 g/mol. The first kappa shape index (κ1) is 15.9. The second-order valence-electron chi connectivity index (χ2n) is 5.83. The first-order chi connectivity index (χ1) is 9.41. The van der Waals surface area contributed by atoms with Crippen LogP contribution in [0.5, 0.6) is 0 Å². The molecule has 1 aliphatic carbocycles. The van der Waals surface area contributed by atoms with Gasteiger partial charge in [0.1, 0.15) is 0 Å². The van der Waals surface area contributed by atoms with E-state index in [1.165, 1.54) is 0 Å². The van der Waals surface area contributed by atoms with Crippen LogP contribution in [-0.2, 0) is 16.6 Å². The highest BCUT2D eigenvalue weighted by atomic mass is 32.2. The maximum absolute atomic E-state index is 12.7. The second kappa shape index (κ2) is 6.56. The Morgan fingerprint density at radius 1 is 1.40 bits per heavy atom. The van der Waals surface area contributed by atoms with Gasteiger partial charge in [0.2, 0.25) is 10.0 Å². The monoisotopic (exact) mass is 316 g/mol. The van der Waals surface area contributed by atoms with Gasteiger partial charge in [-0.25, -0.2) is 8.42 Å². The highest BCUT2D eigenvalue weighted by molar-refractivity contribution is 7.89. The van der Waals surface area contributed by atoms with E-state index < -0.39 is 10.0 Å². The lowest BCUT2D eigenvalue weighted by molar-refractivity contribution is 0.390. The molecular weight excluding hydrogens is 292 g/mol. The van der Waals surface area contributed by atoms with Gasteiger partial charge in [0.15, 0.2) is 0 Å². The lowest BCUT2D eigenvalue weighted by Gasteiger charge is -2.26. The van der Waals surface area contributed by atoms with Crippen molar-refractivity contribution < 1.29 is 8.42 Å². The predicted octanol–water partition coefficient (Wildman–Crippen LogP) is 2.43. The summed E-state index contributed by atoms with van der Waals surface area (Å²) < 4.78 is 27.2. The third-order valence-electron chi connectivity index (χ3n) is 3.52. The Morgan fingerprint density at radius 2 is 2.10 bits per heavy atom. The molecule has 20 heavy (non-hydrogen) atoms. The molecule has 0 radical (unpaired) electrons. The molecule has 1 unspecified atom stereocenters. The molecule has 0 saturated heterocycles. The van der Waals surface area contributed by atoms with Crippen molar-refractivity contribution in [2.24, 2.45) is 0 Å². The van der Waals surface area contributed by atoms with Crippen molar-refractivity contribution in [2.75, 3.05) is 6.54 Å². The van der Waals surface area contributed by atoms with Gasteiger partial charge in [-0.3, -0.25) is 0 Å². The zero-order valence-corrected chi connectivity index (χ0v) is 14.0. The average Bonchev–Trinajstić information content (AvgIpc) is 3.09. The summed E-state index contributed by atoms with van der Waals surface area (Å²) in [5.41, 5.74) is 1.09. The zero-order valence-electron chi connectivity index (χ0n) is 12.4. The molecule has 1 atom stereocenters. The summed E-state index contributed by atoms with van der Waals surface area (Å²) in [4.78, 5) is 0. The SMILES string of the molecule is CC(C)NCC(C)S(=O)(=O)N(Cc1ccsc1)C1CC1.